The van der Waals surface area contributed by atoms with E-state index in [2.05, 4.69) is 5.32 Å². The summed E-state index contributed by atoms with van der Waals surface area (Å²) < 4.78 is 39.5. The van der Waals surface area contributed by atoms with Crippen molar-refractivity contribution in [3.05, 3.63) is 64.9 Å². The Balaban J connectivity index is 2.44. The molecule has 0 unspecified atom stereocenters. The topological polar surface area (TPSA) is 86.8 Å². The normalized spacial score (nSPS) is 13.1. The van der Waals surface area contributed by atoms with Crippen molar-refractivity contribution in [1.82, 2.24) is 10.2 Å². The molecular weight excluding hydrogens is 481 g/mol. The van der Waals surface area contributed by atoms with E-state index >= 15 is 0 Å². The minimum atomic E-state index is -3.87. The second-order valence-electron chi connectivity index (χ2n) is 8.11. The van der Waals surface area contributed by atoms with Crippen LogP contribution in [0.1, 0.15) is 39.2 Å². The van der Waals surface area contributed by atoms with Gasteiger partial charge < -0.3 is 10.2 Å². The van der Waals surface area contributed by atoms with Crippen molar-refractivity contribution >= 4 is 39.1 Å². The van der Waals surface area contributed by atoms with Crippen LogP contribution in [-0.2, 0) is 26.2 Å². The number of anilines is 1. The van der Waals surface area contributed by atoms with E-state index < -0.39 is 34.3 Å². The van der Waals surface area contributed by atoms with Gasteiger partial charge in [0.1, 0.15) is 18.4 Å². The van der Waals surface area contributed by atoms with Crippen LogP contribution in [0.25, 0.3) is 0 Å². The lowest BCUT2D eigenvalue weighted by atomic mass is 10.1. The van der Waals surface area contributed by atoms with Gasteiger partial charge in [0.25, 0.3) is 0 Å². The van der Waals surface area contributed by atoms with E-state index in [9.17, 15) is 22.4 Å². The molecule has 2 aromatic rings. The quantitative estimate of drug-likeness (QED) is 0.494. The number of hydrogen-bond donors (Lipinski definition) is 1. The molecule has 2 atom stereocenters. The average molecular weight is 512 g/mol. The van der Waals surface area contributed by atoms with Crippen molar-refractivity contribution in [2.45, 2.75) is 52.2 Å². The molecule has 0 aliphatic carbocycles. The molecule has 0 saturated heterocycles. The van der Waals surface area contributed by atoms with E-state index in [1.165, 1.54) is 41.3 Å². The molecule has 2 aromatic carbocycles. The van der Waals surface area contributed by atoms with Crippen LogP contribution in [-0.4, -0.2) is 50.0 Å². The maximum absolute atomic E-state index is 13.5. The number of benzene rings is 2. The number of para-hydroxylation sites is 1. The first-order valence-corrected chi connectivity index (χ1v) is 13.3. The maximum atomic E-state index is 13.5. The summed E-state index contributed by atoms with van der Waals surface area (Å²) in [6, 6.07) is 11.0. The Morgan fingerprint density at radius 2 is 1.68 bits per heavy atom. The Kier molecular flexibility index (Phi) is 9.88. The molecule has 2 amide bonds. The Morgan fingerprint density at radius 1 is 1.06 bits per heavy atom. The van der Waals surface area contributed by atoms with Crippen LogP contribution in [0.2, 0.25) is 5.02 Å². The van der Waals surface area contributed by atoms with Crippen LogP contribution in [0.3, 0.4) is 0 Å². The highest BCUT2D eigenvalue weighted by Crippen LogP contribution is 2.27. The molecule has 0 heterocycles. The van der Waals surface area contributed by atoms with Gasteiger partial charge in [-0.2, -0.15) is 0 Å². The zero-order chi connectivity index (χ0) is 25.5. The van der Waals surface area contributed by atoms with Gasteiger partial charge in [-0.1, -0.05) is 49.7 Å². The molecule has 0 saturated carbocycles. The first-order valence-electron chi connectivity index (χ1n) is 11.0. The van der Waals surface area contributed by atoms with Crippen LogP contribution in [0.15, 0.2) is 48.5 Å². The molecule has 0 aromatic heterocycles. The lowest BCUT2D eigenvalue weighted by molar-refractivity contribution is -0.140. The van der Waals surface area contributed by atoms with Crippen LogP contribution in [0.5, 0.6) is 0 Å². The van der Waals surface area contributed by atoms with Crippen molar-refractivity contribution in [1.29, 1.82) is 0 Å². The number of rotatable bonds is 11. The van der Waals surface area contributed by atoms with Gasteiger partial charge in [-0.25, -0.2) is 12.8 Å². The first-order chi connectivity index (χ1) is 16.0. The minimum Gasteiger partial charge on any atom is -0.352 e. The van der Waals surface area contributed by atoms with Crippen molar-refractivity contribution < 1.29 is 22.4 Å². The van der Waals surface area contributed by atoms with Gasteiger partial charge in [-0.05, 0) is 49.6 Å². The molecule has 0 aliphatic rings. The molecule has 0 aliphatic heterocycles. The van der Waals surface area contributed by atoms with Gasteiger partial charge in [0.15, 0.2) is 0 Å². The highest BCUT2D eigenvalue weighted by atomic mass is 35.5. The van der Waals surface area contributed by atoms with E-state index in [1.807, 2.05) is 13.8 Å². The van der Waals surface area contributed by atoms with E-state index in [4.69, 9.17) is 11.6 Å². The molecule has 34 heavy (non-hydrogen) atoms. The summed E-state index contributed by atoms with van der Waals surface area (Å²) in [6.45, 7) is 5.03. The van der Waals surface area contributed by atoms with Crippen molar-refractivity contribution in [2.24, 2.45) is 0 Å². The van der Waals surface area contributed by atoms with E-state index in [0.717, 1.165) is 10.6 Å². The van der Waals surface area contributed by atoms with Gasteiger partial charge in [0.2, 0.25) is 21.8 Å². The Hall–Kier alpha value is -2.65. The highest BCUT2D eigenvalue weighted by Gasteiger charge is 2.32. The van der Waals surface area contributed by atoms with Gasteiger partial charge in [0, 0.05) is 12.6 Å². The van der Waals surface area contributed by atoms with Crippen LogP contribution >= 0.6 is 11.6 Å². The predicted octanol–water partition coefficient (Wildman–Crippen LogP) is 3.97. The monoisotopic (exact) mass is 511 g/mol. The molecule has 186 valence electrons. The zero-order valence-electron chi connectivity index (χ0n) is 19.8. The maximum Gasteiger partial charge on any atom is 0.244 e. The largest absolute Gasteiger partial charge is 0.352 e. The molecule has 10 heteroatoms. The van der Waals surface area contributed by atoms with Gasteiger partial charge >= 0.3 is 0 Å². The number of hydrogen-bond acceptors (Lipinski definition) is 4. The summed E-state index contributed by atoms with van der Waals surface area (Å²) in [5, 5.41) is 3.06. The molecule has 7 nitrogen and oxygen atoms in total. The zero-order valence-corrected chi connectivity index (χ0v) is 21.4. The number of halogens is 2. The average Bonchev–Trinajstić information content (AvgIpc) is 2.78. The summed E-state index contributed by atoms with van der Waals surface area (Å²) in [7, 11) is -3.87. The lowest BCUT2D eigenvalue weighted by Gasteiger charge is -2.33. The van der Waals surface area contributed by atoms with Gasteiger partial charge in [-0.3, -0.25) is 13.9 Å². The number of nitrogens with zero attached hydrogens (tertiary/aromatic N) is 2. The Bertz CT molecular complexity index is 1100. The number of amides is 2. The third-order valence-electron chi connectivity index (χ3n) is 5.45. The SMILES string of the molecule is CC[C@H](C)NC(=O)[C@H](CC)N(Cc1ccc(F)cc1)C(=O)CN(c1ccccc1Cl)S(C)(=O)=O. The van der Waals surface area contributed by atoms with Crippen molar-refractivity contribution in [3.63, 3.8) is 0 Å². The number of sulfonamides is 1. The molecule has 0 spiro atoms. The minimum absolute atomic E-state index is 0.00562. The molecule has 2 rings (SSSR count). The van der Waals surface area contributed by atoms with Gasteiger partial charge in [-0.15, -0.1) is 0 Å². The third-order valence-corrected chi connectivity index (χ3v) is 6.90. The fourth-order valence-electron chi connectivity index (χ4n) is 3.40. The fourth-order valence-corrected chi connectivity index (χ4v) is 4.55. The van der Waals surface area contributed by atoms with Crippen LogP contribution < -0.4 is 9.62 Å². The third kappa shape index (κ3) is 7.43. The fraction of sp³-hybridized carbons (Fsp3) is 0.417. The second-order valence-corrected chi connectivity index (χ2v) is 10.4. The second kappa shape index (κ2) is 12.2. The molecule has 0 fully saturated rings. The molecule has 1 N–H and O–H groups in total. The van der Waals surface area contributed by atoms with Crippen molar-refractivity contribution in [2.75, 3.05) is 17.1 Å². The lowest BCUT2D eigenvalue weighted by Crippen LogP contribution is -2.53. The Labute approximate surface area is 205 Å². The summed E-state index contributed by atoms with van der Waals surface area (Å²) in [5.41, 5.74) is 0.770. The first kappa shape index (κ1) is 27.6. The van der Waals surface area contributed by atoms with E-state index in [0.29, 0.717) is 18.4 Å². The summed E-state index contributed by atoms with van der Waals surface area (Å²) >= 11 is 6.22. The van der Waals surface area contributed by atoms with E-state index in [-0.39, 0.29) is 29.2 Å². The summed E-state index contributed by atoms with van der Waals surface area (Å²) in [6.07, 6.45) is 2.00. The van der Waals surface area contributed by atoms with Crippen LogP contribution in [0, 0.1) is 5.82 Å². The molecule has 0 bridgehead atoms. The smallest absolute Gasteiger partial charge is 0.244 e. The number of carbonyl (C=O) groups excluding carboxylic acids is 2. The summed E-state index contributed by atoms with van der Waals surface area (Å²) in [4.78, 5) is 27.9. The van der Waals surface area contributed by atoms with Crippen LogP contribution in [0.4, 0.5) is 10.1 Å². The molecule has 0 radical (unpaired) electrons. The van der Waals surface area contributed by atoms with Gasteiger partial charge in [0.05, 0.1) is 17.0 Å². The standard InChI is InChI=1S/C24H31ClFN3O4S/c1-5-17(3)27-24(31)21(6-2)28(15-18-11-13-19(26)14-12-18)23(30)16-29(34(4,32)33)22-10-8-7-9-20(22)25/h7-14,17,21H,5-6,15-16H2,1-4H3,(H,27,31)/t17-,21-/m0/s1. The number of carbonyl (C=O) groups is 2. The predicted molar refractivity (Wildman–Crippen MR) is 133 cm³/mol. The number of nitrogens with one attached hydrogen (secondary N) is 1. The highest BCUT2D eigenvalue weighted by molar-refractivity contribution is 7.92. The Morgan fingerprint density at radius 3 is 2.21 bits per heavy atom. The van der Waals surface area contributed by atoms with Crippen molar-refractivity contribution in [3.8, 4) is 0 Å². The van der Waals surface area contributed by atoms with E-state index in [1.54, 1.807) is 19.1 Å². The molecular formula is C24H31ClFN3O4S. The summed E-state index contributed by atoms with van der Waals surface area (Å²) in [5.74, 6) is -1.35.